The van der Waals surface area contributed by atoms with Crippen LogP contribution in [0, 0.1) is 5.92 Å². The fourth-order valence-corrected chi connectivity index (χ4v) is 6.54. The Morgan fingerprint density at radius 1 is 1.09 bits per heavy atom. The third-order valence-electron chi connectivity index (χ3n) is 7.87. The van der Waals surface area contributed by atoms with Crippen LogP contribution in [0.1, 0.15) is 36.9 Å². The number of imidazole rings is 1. The van der Waals surface area contributed by atoms with E-state index in [0.717, 1.165) is 68.8 Å². The summed E-state index contributed by atoms with van der Waals surface area (Å²) in [5, 5.41) is 3.19. The number of nitrogens with zero attached hydrogens (tertiary/aromatic N) is 4. The van der Waals surface area contributed by atoms with Crippen molar-refractivity contribution in [3.8, 4) is 0 Å². The molecule has 3 atom stereocenters. The number of benzene rings is 1. The monoisotopic (exact) mass is 434 g/mol. The molecule has 5 heterocycles. The summed E-state index contributed by atoms with van der Waals surface area (Å²) in [6, 6.07) is 8.46. The topological polar surface area (TPSA) is 84.6 Å². The van der Waals surface area contributed by atoms with Crippen molar-refractivity contribution in [2.24, 2.45) is 5.92 Å². The van der Waals surface area contributed by atoms with Crippen molar-refractivity contribution in [2.75, 3.05) is 37.6 Å². The third-order valence-corrected chi connectivity index (χ3v) is 7.87. The van der Waals surface area contributed by atoms with Crippen molar-refractivity contribution < 1.29 is 9.59 Å². The van der Waals surface area contributed by atoms with Crippen molar-refractivity contribution in [1.29, 1.82) is 0 Å². The van der Waals surface area contributed by atoms with E-state index in [2.05, 4.69) is 37.2 Å². The number of fused-ring (bicyclic) bond motifs is 4. The van der Waals surface area contributed by atoms with Crippen LogP contribution < -0.4 is 10.2 Å². The third kappa shape index (κ3) is 2.85. The maximum atomic E-state index is 14.3. The lowest BCUT2D eigenvalue weighted by Gasteiger charge is -2.37. The Morgan fingerprint density at radius 2 is 2.00 bits per heavy atom. The zero-order valence-corrected chi connectivity index (χ0v) is 18.3. The Bertz CT molecular complexity index is 1020. The largest absolute Gasteiger partial charge is 0.356 e. The number of hydrogen-bond acceptors (Lipinski definition) is 5. The molecular formula is C24H30N6O2. The zero-order chi connectivity index (χ0) is 21.7. The number of rotatable bonds is 2. The predicted molar refractivity (Wildman–Crippen MR) is 120 cm³/mol. The second kappa shape index (κ2) is 7.71. The van der Waals surface area contributed by atoms with E-state index in [4.69, 9.17) is 0 Å². The number of anilines is 1. The maximum Gasteiger partial charge on any atom is 0.253 e. The van der Waals surface area contributed by atoms with Gasteiger partial charge in [-0.3, -0.25) is 19.4 Å². The molecule has 4 aliphatic rings. The quantitative estimate of drug-likeness (QED) is 0.748. The van der Waals surface area contributed by atoms with Crippen LogP contribution in [0.15, 0.2) is 36.8 Å². The number of amides is 2. The molecule has 2 amide bonds. The molecule has 3 fully saturated rings. The second-order valence-corrected chi connectivity index (χ2v) is 9.52. The lowest BCUT2D eigenvalue weighted by molar-refractivity contribution is -0.139. The fraction of sp³-hybridized carbons (Fsp3) is 0.542. The molecule has 32 heavy (non-hydrogen) atoms. The molecule has 1 spiro atoms. The highest BCUT2D eigenvalue weighted by atomic mass is 16.2. The van der Waals surface area contributed by atoms with Crippen molar-refractivity contribution in [2.45, 2.75) is 43.8 Å². The van der Waals surface area contributed by atoms with Gasteiger partial charge in [0.05, 0.1) is 12.2 Å². The highest BCUT2D eigenvalue weighted by Crippen LogP contribution is 2.56. The molecule has 2 aromatic rings. The summed E-state index contributed by atoms with van der Waals surface area (Å²) in [5.74, 6) is -0.206. The number of aromatic nitrogens is 2. The smallest absolute Gasteiger partial charge is 0.253 e. The van der Waals surface area contributed by atoms with Crippen LogP contribution >= 0.6 is 0 Å². The van der Waals surface area contributed by atoms with Gasteiger partial charge >= 0.3 is 0 Å². The highest BCUT2D eigenvalue weighted by molar-refractivity contribution is 6.10. The molecule has 3 saturated heterocycles. The van der Waals surface area contributed by atoms with E-state index in [-0.39, 0.29) is 17.7 Å². The number of aromatic amines is 1. The summed E-state index contributed by atoms with van der Waals surface area (Å²) in [6.45, 7) is 4.52. The summed E-state index contributed by atoms with van der Waals surface area (Å²) in [5.41, 5.74) is 2.20. The van der Waals surface area contributed by atoms with E-state index in [1.54, 1.807) is 6.33 Å². The number of nitrogens with one attached hydrogen (secondary N) is 2. The lowest BCUT2D eigenvalue weighted by Crippen LogP contribution is -2.57. The Hall–Kier alpha value is -2.71. The number of carbonyl (C=O) groups is 2. The van der Waals surface area contributed by atoms with Crippen molar-refractivity contribution in [3.63, 3.8) is 0 Å². The highest BCUT2D eigenvalue weighted by Gasteiger charge is 2.67. The first-order valence-corrected chi connectivity index (χ1v) is 11.8. The van der Waals surface area contributed by atoms with E-state index in [0.29, 0.717) is 19.1 Å². The zero-order valence-electron chi connectivity index (χ0n) is 18.3. The second-order valence-electron chi connectivity index (χ2n) is 9.52. The maximum absolute atomic E-state index is 14.3. The molecule has 8 nitrogen and oxygen atoms in total. The minimum absolute atomic E-state index is 0.0325. The fourth-order valence-electron chi connectivity index (χ4n) is 6.54. The molecule has 168 valence electrons. The number of H-pyrrole nitrogens is 1. The van der Waals surface area contributed by atoms with E-state index < -0.39 is 5.54 Å². The van der Waals surface area contributed by atoms with E-state index in [1.807, 2.05) is 23.2 Å². The van der Waals surface area contributed by atoms with Crippen molar-refractivity contribution in [3.05, 3.63) is 48.0 Å². The Kier molecular flexibility index (Phi) is 4.80. The van der Waals surface area contributed by atoms with Gasteiger partial charge in [0.1, 0.15) is 5.54 Å². The first kappa shape index (κ1) is 19.9. The normalized spacial score (nSPS) is 30.9. The molecule has 2 N–H and O–H groups in total. The van der Waals surface area contributed by atoms with Crippen LogP contribution in [-0.4, -0.2) is 70.3 Å². The average molecular weight is 435 g/mol. The molecule has 4 aliphatic heterocycles. The molecule has 1 aromatic heterocycles. The first-order valence-electron chi connectivity index (χ1n) is 11.8. The minimum Gasteiger partial charge on any atom is -0.356 e. The Morgan fingerprint density at radius 3 is 2.88 bits per heavy atom. The summed E-state index contributed by atoms with van der Waals surface area (Å²) in [7, 11) is 0. The van der Waals surface area contributed by atoms with Crippen LogP contribution in [0.4, 0.5) is 5.69 Å². The summed E-state index contributed by atoms with van der Waals surface area (Å²) in [4.78, 5) is 41.7. The summed E-state index contributed by atoms with van der Waals surface area (Å²) in [6.07, 6.45) is 7.36. The standard InChI is InChI=1S/C24H30N6O2/c31-22-20-13-18-5-3-10-30(18)24(20)19-6-1-2-7-21(19)29(23(24)32)12-11-28(9-4-8-26-22)15-17-14-25-16-27-17/h1-2,6-7,14,16,18,20H,3-5,8-13,15H2,(H,25,27)(H,26,31)/t18-,20-,24+/m0/s1. The van der Waals surface area contributed by atoms with Crippen molar-refractivity contribution >= 4 is 17.5 Å². The van der Waals surface area contributed by atoms with Crippen LogP contribution in [-0.2, 0) is 21.7 Å². The van der Waals surface area contributed by atoms with Gasteiger partial charge in [-0.25, -0.2) is 4.98 Å². The number of para-hydroxylation sites is 1. The molecule has 0 radical (unpaired) electrons. The van der Waals surface area contributed by atoms with Crippen LogP contribution in [0.2, 0.25) is 0 Å². The average Bonchev–Trinajstić information content (AvgIpc) is 3.56. The SMILES string of the molecule is O=C1NCCCN(Cc2cnc[nH]2)CCN2C(=O)[C@@]3(c4ccccc42)[C@H]1C[C@@H]1CCCN13. The number of hydrogen-bond donors (Lipinski definition) is 2. The molecule has 0 saturated carbocycles. The van der Waals surface area contributed by atoms with Crippen LogP contribution in [0.5, 0.6) is 0 Å². The molecular weight excluding hydrogens is 404 g/mol. The molecule has 0 aliphatic carbocycles. The van der Waals surface area contributed by atoms with E-state index >= 15 is 0 Å². The van der Waals surface area contributed by atoms with Crippen molar-refractivity contribution in [1.82, 2.24) is 25.1 Å². The summed E-state index contributed by atoms with van der Waals surface area (Å²) >= 11 is 0. The van der Waals surface area contributed by atoms with Gasteiger partial charge < -0.3 is 15.2 Å². The molecule has 8 heteroatoms. The minimum atomic E-state index is -0.852. The van der Waals surface area contributed by atoms with Gasteiger partial charge in [0, 0.05) is 61.9 Å². The van der Waals surface area contributed by atoms with E-state index in [9.17, 15) is 9.59 Å². The molecule has 1 aromatic carbocycles. The Labute approximate surface area is 188 Å². The molecule has 0 unspecified atom stereocenters. The molecule has 2 bridgehead atoms. The predicted octanol–water partition coefficient (Wildman–Crippen LogP) is 1.46. The van der Waals surface area contributed by atoms with Crippen LogP contribution in [0.25, 0.3) is 0 Å². The van der Waals surface area contributed by atoms with Gasteiger partial charge in [-0.15, -0.1) is 0 Å². The lowest BCUT2D eigenvalue weighted by atomic mass is 9.78. The van der Waals surface area contributed by atoms with E-state index in [1.165, 1.54) is 0 Å². The van der Waals surface area contributed by atoms with Crippen LogP contribution in [0.3, 0.4) is 0 Å². The van der Waals surface area contributed by atoms with Gasteiger partial charge in [0.15, 0.2) is 0 Å². The van der Waals surface area contributed by atoms with Gasteiger partial charge in [-0.2, -0.15) is 0 Å². The number of carbonyl (C=O) groups excluding carboxylic acids is 2. The van der Waals surface area contributed by atoms with Gasteiger partial charge in [-0.1, -0.05) is 18.2 Å². The Balaban J connectivity index is 1.40. The van der Waals surface area contributed by atoms with Gasteiger partial charge in [0.25, 0.3) is 5.91 Å². The van der Waals surface area contributed by atoms with Gasteiger partial charge in [0.2, 0.25) is 5.91 Å². The van der Waals surface area contributed by atoms with Gasteiger partial charge in [-0.05, 0) is 38.3 Å². The first-order chi connectivity index (χ1) is 15.7. The summed E-state index contributed by atoms with van der Waals surface area (Å²) < 4.78 is 0. The molecule has 6 rings (SSSR count).